The van der Waals surface area contributed by atoms with Crippen LogP contribution in [0.25, 0.3) is 0 Å². The standard InChI is InChI=1S/C16H22N2O2S4/c1-16(2,3)12-5-7-13(8-6-12)23-24-18(4)15(19)20-17-14-11-21-9-10-22-14/h5-8H,9-11H2,1-4H3. The van der Waals surface area contributed by atoms with Crippen molar-refractivity contribution in [3.8, 4) is 0 Å². The molecule has 0 bridgehead atoms. The number of benzene rings is 1. The fourth-order valence-electron chi connectivity index (χ4n) is 1.76. The number of rotatable bonds is 4. The molecule has 1 aromatic rings. The van der Waals surface area contributed by atoms with E-state index >= 15 is 0 Å². The highest BCUT2D eigenvalue weighted by molar-refractivity contribution is 8.75. The lowest BCUT2D eigenvalue weighted by Crippen LogP contribution is -2.19. The number of thioether (sulfide) groups is 2. The maximum atomic E-state index is 11.9. The van der Waals surface area contributed by atoms with E-state index in [2.05, 4.69) is 50.2 Å². The summed E-state index contributed by atoms with van der Waals surface area (Å²) < 4.78 is 1.45. The molecule has 8 heteroatoms. The van der Waals surface area contributed by atoms with E-state index in [1.165, 1.54) is 31.6 Å². The third kappa shape index (κ3) is 6.46. The van der Waals surface area contributed by atoms with Crippen LogP contribution in [0.5, 0.6) is 0 Å². The van der Waals surface area contributed by atoms with Crippen molar-refractivity contribution in [3.63, 3.8) is 0 Å². The van der Waals surface area contributed by atoms with E-state index in [1.807, 2.05) is 11.8 Å². The summed E-state index contributed by atoms with van der Waals surface area (Å²) in [6, 6.07) is 8.41. The van der Waals surface area contributed by atoms with Crippen LogP contribution in [-0.2, 0) is 10.3 Å². The first-order chi connectivity index (χ1) is 11.4. The van der Waals surface area contributed by atoms with Gasteiger partial charge in [0.05, 0.1) is 0 Å². The van der Waals surface area contributed by atoms with E-state index in [1.54, 1.807) is 18.8 Å². The van der Waals surface area contributed by atoms with Crippen molar-refractivity contribution in [3.05, 3.63) is 29.8 Å². The number of hydrogen-bond donors (Lipinski definition) is 0. The van der Waals surface area contributed by atoms with Crippen LogP contribution in [-0.4, -0.2) is 39.7 Å². The molecule has 1 fully saturated rings. The summed E-state index contributed by atoms with van der Waals surface area (Å²) in [7, 11) is 4.54. The normalized spacial score (nSPS) is 16.9. The number of amides is 1. The van der Waals surface area contributed by atoms with Crippen LogP contribution in [0.3, 0.4) is 0 Å². The molecular weight excluding hydrogens is 380 g/mol. The highest BCUT2D eigenvalue weighted by Gasteiger charge is 2.16. The van der Waals surface area contributed by atoms with Gasteiger partial charge in [0.15, 0.2) is 0 Å². The second-order valence-electron chi connectivity index (χ2n) is 6.17. The molecule has 4 nitrogen and oxygen atoms in total. The van der Waals surface area contributed by atoms with Crippen LogP contribution in [0, 0.1) is 0 Å². The zero-order chi connectivity index (χ0) is 17.6. The molecule has 132 valence electrons. The van der Waals surface area contributed by atoms with Crippen molar-refractivity contribution >= 4 is 56.4 Å². The van der Waals surface area contributed by atoms with Crippen molar-refractivity contribution in [2.45, 2.75) is 31.1 Å². The van der Waals surface area contributed by atoms with Gasteiger partial charge in [-0.3, -0.25) is 4.84 Å². The summed E-state index contributed by atoms with van der Waals surface area (Å²) in [6.07, 6.45) is -0.456. The summed E-state index contributed by atoms with van der Waals surface area (Å²) in [5.74, 6) is 2.97. The lowest BCUT2D eigenvalue weighted by molar-refractivity contribution is 0.137. The molecule has 24 heavy (non-hydrogen) atoms. The fourth-order valence-corrected chi connectivity index (χ4v) is 5.49. The maximum absolute atomic E-state index is 11.9. The van der Waals surface area contributed by atoms with Crippen molar-refractivity contribution in [1.82, 2.24) is 4.31 Å². The number of oxime groups is 1. The predicted molar refractivity (Wildman–Crippen MR) is 110 cm³/mol. The Bertz CT molecular complexity index is 577. The number of hydrogen-bond acceptors (Lipinski definition) is 7. The van der Waals surface area contributed by atoms with Gasteiger partial charge in [-0.25, -0.2) is 9.10 Å². The Morgan fingerprint density at radius 1 is 1.25 bits per heavy atom. The summed E-state index contributed by atoms with van der Waals surface area (Å²) in [4.78, 5) is 18.0. The number of carbonyl (C=O) groups excluding carboxylic acids is 1. The Balaban J connectivity index is 1.79. The molecule has 0 aliphatic carbocycles. The Hall–Kier alpha value is -0.440. The fraction of sp³-hybridized carbons (Fsp3) is 0.500. The molecule has 0 aromatic heterocycles. The quantitative estimate of drug-likeness (QED) is 0.287. The third-order valence-electron chi connectivity index (χ3n) is 3.17. The highest BCUT2D eigenvalue weighted by atomic mass is 33.1. The van der Waals surface area contributed by atoms with Gasteiger partial charge in [-0.05, 0) is 33.9 Å². The predicted octanol–water partition coefficient (Wildman–Crippen LogP) is 5.50. The molecule has 0 saturated carbocycles. The minimum atomic E-state index is -0.456. The first kappa shape index (κ1) is 19.9. The van der Waals surface area contributed by atoms with Crippen molar-refractivity contribution < 1.29 is 9.63 Å². The third-order valence-corrected chi connectivity index (χ3v) is 7.93. The van der Waals surface area contributed by atoms with Crippen LogP contribution >= 0.6 is 45.3 Å². The van der Waals surface area contributed by atoms with Crippen LogP contribution in [0.1, 0.15) is 26.3 Å². The van der Waals surface area contributed by atoms with Gasteiger partial charge in [-0.15, -0.1) is 11.8 Å². The van der Waals surface area contributed by atoms with Gasteiger partial charge in [0.1, 0.15) is 5.04 Å². The summed E-state index contributed by atoms with van der Waals surface area (Å²) in [6.45, 7) is 6.58. The second-order valence-corrected chi connectivity index (χ2v) is 10.7. The first-order valence-corrected chi connectivity index (χ1v) is 11.8. The van der Waals surface area contributed by atoms with E-state index in [0.29, 0.717) is 0 Å². The van der Waals surface area contributed by atoms with Gasteiger partial charge in [0.25, 0.3) is 0 Å². The summed E-state index contributed by atoms with van der Waals surface area (Å²) in [5.41, 5.74) is 1.44. The molecule has 1 aliphatic heterocycles. The first-order valence-electron chi connectivity index (χ1n) is 7.53. The Morgan fingerprint density at radius 2 is 1.96 bits per heavy atom. The molecule has 1 aromatic carbocycles. The molecular formula is C16H22N2O2S4. The van der Waals surface area contributed by atoms with Gasteiger partial charge < -0.3 is 0 Å². The Kier molecular flexibility index (Phi) is 7.71. The molecule has 1 amide bonds. The molecule has 0 spiro atoms. The molecule has 0 radical (unpaired) electrons. The van der Waals surface area contributed by atoms with Crippen molar-refractivity contribution in [2.75, 3.05) is 24.3 Å². The highest BCUT2D eigenvalue weighted by Crippen LogP contribution is 2.34. The SMILES string of the molecule is CN(SSc1ccc(C(C)(C)C)cc1)C(=O)ON=C1CSCCS1. The van der Waals surface area contributed by atoms with Crippen LogP contribution in [0.2, 0.25) is 0 Å². The molecule has 0 N–H and O–H groups in total. The average molecular weight is 403 g/mol. The number of carbonyl (C=O) groups is 1. The Labute approximate surface area is 160 Å². The smallest absolute Gasteiger partial charge is 0.296 e. The summed E-state index contributed by atoms with van der Waals surface area (Å²) >= 11 is 3.46. The topological polar surface area (TPSA) is 41.9 Å². The maximum Gasteiger partial charge on any atom is 0.446 e. The zero-order valence-corrected chi connectivity index (χ0v) is 17.5. The van der Waals surface area contributed by atoms with Crippen LogP contribution in [0.4, 0.5) is 4.79 Å². The van der Waals surface area contributed by atoms with E-state index in [9.17, 15) is 4.79 Å². The zero-order valence-electron chi connectivity index (χ0n) is 14.3. The van der Waals surface area contributed by atoms with Crippen LogP contribution < -0.4 is 0 Å². The van der Waals surface area contributed by atoms with Crippen LogP contribution in [0.15, 0.2) is 34.3 Å². The van der Waals surface area contributed by atoms with E-state index in [4.69, 9.17) is 4.84 Å². The Morgan fingerprint density at radius 3 is 2.54 bits per heavy atom. The van der Waals surface area contributed by atoms with E-state index < -0.39 is 6.09 Å². The minimum absolute atomic E-state index is 0.144. The molecule has 0 unspecified atom stereocenters. The summed E-state index contributed by atoms with van der Waals surface area (Å²) in [5, 5.41) is 4.82. The van der Waals surface area contributed by atoms with Crippen molar-refractivity contribution in [2.24, 2.45) is 5.16 Å². The molecule has 0 atom stereocenters. The average Bonchev–Trinajstić information content (AvgIpc) is 2.58. The van der Waals surface area contributed by atoms with E-state index in [-0.39, 0.29) is 5.41 Å². The molecule has 1 saturated heterocycles. The largest absolute Gasteiger partial charge is 0.446 e. The lowest BCUT2D eigenvalue weighted by atomic mass is 9.87. The molecule has 2 rings (SSSR count). The van der Waals surface area contributed by atoms with Gasteiger partial charge in [0.2, 0.25) is 0 Å². The monoisotopic (exact) mass is 402 g/mol. The lowest BCUT2D eigenvalue weighted by Gasteiger charge is -2.19. The van der Waals surface area contributed by atoms with Gasteiger partial charge in [-0.1, -0.05) is 38.1 Å². The molecule has 1 heterocycles. The van der Waals surface area contributed by atoms with Gasteiger partial charge in [0, 0.05) is 40.2 Å². The number of nitrogens with zero attached hydrogens (tertiary/aromatic N) is 2. The van der Waals surface area contributed by atoms with E-state index in [0.717, 1.165) is 27.2 Å². The van der Waals surface area contributed by atoms with Crippen molar-refractivity contribution in [1.29, 1.82) is 0 Å². The van der Waals surface area contributed by atoms with Gasteiger partial charge in [-0.2, -0.15) is 11.8 Å². The molecule has 1 aliphatic rings. The second kappa shape index (κ2) is 9.31. The minimum Gasteiger partial charge on any atom is -0.296 e. The van der Waals surface area contributed by atoms with Gasteiger partial charge >= 0.3 is 6.09 Å².